The molecule has 24 heavy (non-hydrogen) atoms. The van der Waals surface area contributed by atoms with E-state index in [1.54, 1.807) is 0 Å². The summed E-state index contributed by atoms with van der Waals surface area (Å²) in [6, 6.07) is 0. The van der Waals surface area contributed by atoms with Crippen molar-refractivity contribution in [2.45, 2.75) is 58.3 Å². The van der Waals surface area contributed by atoms with Crippen LogP contribution < -0.4 is 0 Å². The fourth-order valence-electron chi connectivity index (χ4n) is 1.85. The third-order valence-electron chi connectivity index (χ3n) is 3.13. The Labute approximate surface area is 145 Å². The van der Waals surface area contributed by atoms with Crippen LogP contribution in [0.1, 0.15) is 58.3 Å². The predicted molar refractivity (Wildman–Crippen MR) is 98.6 cm³/mol. The zero-order valence-electron chi connectivity index (χ0n) is 14.6. The van der Waals surface area contributed by atoms with Gasteiger partial charge in [0.25, 0.3) is 0 Å². The summed E-state index contributed by atoms with van der Waals surface area (Å²) in [7, 11) is 0. The normalized spacial score (nSPS) is 13.0. The Bertz CT molecular complexity index is 456. The summed E-state index contributed by atoms with van der Waals surface area (Å²) < 4.78 is 0. The van der Waals surface area contributed by atoms with Crippen LogP contribution in [0.25, 0.3) is 0 Å². The number of rotatable bonds is 14. The van der Waals surface area contributed by atoms with Gasteiger partial charge in [0.05, 0.1) is 0 Å². The summed E-state index contributed by atoms with van der Waals surface area (Å²) >= 11 is 0. The third-order valence-corrected chi connectivity index (χ3v) is 3.13. The number of hydrogen-bond donors (Lipinski definition) is 2. The highest BCUT2D eigenvalue weighted by Gasteiger charge is 1.93. The van der Waals surface area contributed by atoms with Gasteiger partial charge in [-0.1, -0.05) is 55.5 Å². The molecule has 134 valence electrons. The fourth-order valence-corrected chi connectivity index (χ4v) is 1.85. The molecular formula is C20H30O4. The van der Waals surface area contributed by atoms with Crippen molar-refractivity contribution in [3.63, 3.8) is 0 Å². The molecule has 0 aromatic rings. The van der Waals surface area contributed by atoms with E-state index < -0.39 is 5.97 Å². The first kappa shape index (κ1) is 21.9. The molecule has 0 aliphatic rings. The molecule has 0 radical (unpaired) electrons. The molecule has 0 fully saturated rings. The van der Waals surface area contributed by atoms with E-state index in [4.69, 9.17) is 10.4 Å². The minimum Gasteiger partial charge on any atom is -0.481 e. The van der Waals surface area contributed by atoms with Crippen LogP contribution >= 0.6 is 0 Å². The lowest BCUT2D eigenvalue weighted by Gasteiger charge is -1.98. The second kappa shape index (κ2) is 17.3. The van der Waals surface area contributed by atoms with Gasteiger partial charge >= 0.3 is 5.97 Å². The lowest BCUT2D eigenvalue weighted by atomic mass is 10.2. The molecule has 0 bridgehead atoms. The van der Waals surface area contributed by atoms with Gasteiger partial charge in [-0.2, -0.15) is 0 Å². The summed E-state index contributed by atoms with van der Waals surface area (Å²) in [6.07, 6.45) is 24.0. The van der Waals surface area contributed by atoms with Gasteiger partial charge in [-0.25, -0.2) is 5.26 Å². The van der Waals surface area contributed by atoms with Gasteiger partial charge in [-0.15, -0.1) is 0 Å². The minimum atomic E-state index is -0.736. The molecule has 0 aliphatic heterocycles. The molecular weight excluding hydrogens is 304 g/mol. The van der Waals surface area contributed by atoms with Crippen LogP contribution in [0.5, 0.6) is 0 Å². The Kier molecular flexibility index (Phi) is 15.8. The van der Waals surface area contributed by atoms with Crippen LogP contribution in [0.2, 0.25) is 0 Å². The van der Waals surface area contributed by atoms with Gasteiger partial charge in [0.2, 0.25) is 0 Å². The lowest BCUT2D eigenvalue weighted by Crippen LogP contribution is -1.92. The molecule has 0 saturated carbocycles. The van der Waals surface area contributed by atoms with Crippen LogP contribution in [-0.4, -0.2) is 16.3 Å². The molecule has 2 N–H and O–H groups in total. The van der Waals surface area contributed by atoms with Gasteiger partial charge in [0.15, 0.2) is 0 Å². The van der Waals surface area contributed by atoms with Gasteiger partial charge in [-0.3, -0.25) is 4.79 Å². The standard InChI is InChI=1S/C20H30O4/c1-2-3-13-16-19(24-23)17-14-11-9-7-5-4-6-8-10-12-15-18-20(21)22/h3-5,8-11,13,17,23H,2,6-7,12,14-16,18H2,1H3,(H,21,22)/b5-4?,10-8+,11-9?,13-3?,19-17-. The number of carboxylic acids is 1. The van der Waals surface area contributed by atoms with Crippen LogP contribution in [0.4, 0.5) is 0 Å². The highest BCUT2D eigenvalue weighted by atomic mass is 17.1. The second-order valence-corrected chi connectivity index (χ2v) is 5.25. The molecule has 4 nitrogen and oxygen atoms in total. The molecule has 0 atom stereocenters. The Hall–Kier alpha value is -2.07. The number of carboxylic acid groups (broad SMARTS) is 1. The number of aliphatic carboxylic acids is 1. The Morgan fingerprint density at radius 3 is 2.12 bits per heavy atom. The average molecular weight is 334 g/mol. The Morgan fingerprint density at radius 1 is 0.917 bits per heavy atom. The van der Waals surface area contributed by atoms with Crippen LogP contribution in [0.3, 0.4) is 0 Å². The molecule has 0 spiro atoms. The van der Waals surface area contributed by atoms with Crippen LogP contribution in [0, 0.1) is 0 Å². The molecule has 0 unspecified atom stereocenters. The SMILES string of the molecule is CCC=CC/C(=C/CC=CCC=CC/C=C/CCCC(=O)O)OO. The first-order valence-corrected chi connectivity index (χ1v) is 8.52. The first-order valence-electron chi connectivity index (χ1n) is 8.52. The largest absolute Gasteiger partial charge is 0.481 e. The monoisotopic (exact) mass is 334 g/mol. The van der Waals surface area contributed by atoms with E-state index in [2.05, 4.69) is 36.1 Å². The van der Waals surface area contributed by atoms with Crippen LogP contribution in [-0.2, 0) is 9.68 Å². The molecule has 4 heteroatoms. The number of carbonyl (C=O) groups is 1. The van der Waals surface area contributed by atoms with Crippen molar-refractivity contribution in [3.05, 3.63) is 60.4 Å². The third kappa shape index (κ3) is 16.3. The van der Waals surface area contributed by atoms with Crippen molar-refractivity contribution in [1.82, 2.24) is 0 Å². The average Bonchev–Trinajstić information content (AvgIpc) is 2.57. The van der Waals surface area contributed by atoms with E-state index in [-0.39, 0.29) is 6.42 Å². The quantitative estimate of drug-likeness (QED) is 0.138. The highest BCUT2D eigenvalue weighted by molar-refractivity contribution is 5.66. The second-order valence-electron chi connectivity index (χ2n) is 5.25. The molecule has 0 aromatic carbocycles. The van der Waals surface area contributed by atoms with Crippen molar-refractivity contribution in [2.75, 3.05) is 0 Å². The zero-order valence-corrected chi connectivity index (χ0v) is 14.6. The summed E-state index contributed by atoms with van der Waals surface area (Å²) in [5.41, 5.74) is 0. The van der Waals surface area contributed by atoms with Crippen molar-refractivity contribution < 1.29 is 20.0 Å². The maximum Gasteiger partial charge on any atom is 0.303 e. The molecule has 0 aliphatic carbocycles. The number of allylic oxidation sites excluding steroid dienone is 9. The highest BCUT2D eigenvalue weighted by Crippen LogP contribution is 2.06. The first-order chi connectivity index (χ1) is 11.7. The molecule has 0 heterocycles. The van der Waals surface area contributed by atoms with E-state index in [1.807, 2.05) is 30.4 Å². The van der Waals surface area contributed by atoms with Gasteiger partial charge < -0.3 is 9.99 Å². The van der Waals surface area contributed by atoms with E-state index >= 15 is 0 Å². The Balaban J connectivity index is 3.74. The van der Waals surface area contributed by atoms with Gasteiger partial charge in [0.1, 0.15) is 5.76 Å². The van der Waals surface area contributed by atoms with E-state index in [0.717, 1.165) is 32.1 Å². The van der Waals surface area contributed by atoms with E-state index in [9.17, 15) is 4.79 Å². The smallest absolute Gasteiger partial charge is 0.303 e. The van der Waals surface area contributed by atoms with E-state index in [1.165, 1.54) is 0 Å². The minimum absolute atomic E-state index is 0.233. The topological polar surface area (TPSA) is 66.8 Å². The maximum atomic E-state index is 10.3. The number of hydrogen-bond acceptors (Lipinski definition) is 3. The summed E-state index contributed by atoms with van der Waals surface area (Å²) in [6.45, 7) is 2.06. The summed E-state index contributed by atoms with van der Waals surface area (Å²) in [5.74, 6) is -0.173. The molecule has 0 saturated heterocycles. The summed E-state index contributed by atoms with van der Waals surface area (Å²) in [5, 5.41) is 17.3. The zero-order chi connectivity index (χ0) is 17.9. The van der Waals surface area contributed by atoms with Crippen molar-refractivity contribution >= 4 is 5.97 Å². The lowest BCUT2D eigenvalue weighted by molar-refractivity contribution is -0.204. The van der Waals surface area contributed by atoms with Crippen LogP contribution in [0.15, 0.2) is 60.4 Å². The van der Waals surface area contributed by atoms with Crippen molar-refractivity contribution in [2.24, 2.45) is 0 Å². The number of unbranched alkanes of at least 4 members (excludes halogenated alkanes) is 1. The molecule has 0 rings (SSSR count). The maximum absolute atomic E-state index is 10.3. The van der Waals surface area contributed by atoms with Gasteiger partial charge in [-0.05, 0) is 44.6 Å². The predicted octanol–water partition coefficient (Wildman–Crippen LogP) is 5.81. The molecule has 0 amide bonds. The Morgan fingerprint density at radius 2 is 1.54 bits per heavy atom. The van der Waals surface area contributed by atoms with Gasteiger partial charge in [0, 0.05) is 12.8 Å². The van der Waals surface area contributed by atoms with Crippen molar-refractivity contribution in [1.29, 1.82) is 0 Å². The van der Waals surface area contributed by atoms with E-state index in [0.29, 0.717) is 18.6 Å². The summed E-state index contributed by atoms with van der Waals surface area (Å²) in [4.78, 5) is 14.7. The van der Waals surface area contributed by atoms with Crippen molar-refractivity contribution in [3.8, 4) is 0 Å². The fraction of sp³-hybridized carbons (Fsp3) is 0.450. The molecule has 0 aromatic heterocycles.